The summed E-state index contributed by atoms with van der Waals surface area (Å²) in [5, 5.41) is 9.54. The number of benzene rings is 1. The van der Waals surface area contributed by atoms with Crippen LogP contribution in [0, 0.1) is 20.8 Å². The molecule has 16 heavy (non-hydrogen) atoms. The predicted molar refractivity (Wildman–Crippen MR) is 65.2 cm³/mol. The molecular weight excluding hydrogens is 200 g/mol. The Hall–Kier alpha value is -1.02. The molecule has 0 saturated heterocycles. The molecule has 2 heteroatoms. The van der Waals surface area contributed by atoms with Gasteiger partial charge in [-0.3, -0.25) is 0 Å². The van der Waals surface area contributed by atoms with Crippen LogP contribution in [0.15, 0.2) is 6.07 Å². The molecule has 1 aliphatic rings. The maximum Gasteiger partial charge on any atom is 0.122 e. The van der Waals surface area contributed by atoms with E-state index in [1.807, 2.05) is 0 Å². The monoisotopic (exact) mass is 220 g/mol. The van der Waals surface area contributed by atoms with Crippen LogP contribution in [0.1, 0.15) is 35.1 Å². The van der Waals surface area contributed by atoms with Gasteiger partial charge in [0, 0.05) is 5.41 Å². The topological polar surface area (TPSA) is 29.5 Å². The Balaban J connectivity index is 2.59. The highest BCUT2D eigenvalue weighted by atomic mass is 16.5. The van der Waals surface area contributed by atoms with E-state index < -0.39 is 0 Å². The van der Waals surface area contributed by atoms with Crippen molar-refractivity contribution in [2.24, 2.45) is 0 Å². The fourth-order valence-electron chi connectivity index (χ4n) is 2.71. The third-order valence-corrected chi connectivity index (χ3v) is 3.96. The van der Waals surface area contributed by atoms with Crippen molar-refractivity contribution >= 4 is 0 Å². The first-order valence-corrected chi connectivity index (χ1v) is 5.82. The van der Waals surface area contributed by atoms with Gasteiger partial charge in [0.25, 0.3) is 0 Å². The molecule has 1 aliphatic carbocycles. The first kappa shape index (κ1) is 11.5. The van der Waals surface area contributed by atoms with E-state index in [2.05, 4.69) is 26.8 Å². The second-order valence-corrected chi connectivity index (χ2v) is 4.96. The van der Waals surface area contributed by atoms with Crippen molar-refractivity contribution in [2.75, 3.05) is 13.7 Å². The Labute approximate surface area is 97.3 Å². The van der Waals surface area contributed by atoms with Crippen molar-refractivity contribution in [1.29, 1.82) is 0 Å². The smallest absolute Gasteiger partial charge is 0.122 e. The molecule has 0 spiro atoms. The Morgan fingerprint density at radius 2 is 1.88 bits per heavy atom. The molecule has 88 valence electrons. The summed E-state index contributed by atoms with van der Waals surface area (Å²) >= 11 is 0. The van der Waals surface area contributed by atoms with Crippen LogP contribution >= 0.6 is 0 Å². The number of hydrogen-bond donors (Lipinski definition) is 1. The summed E-state index contributed by atoms with van der Waals surface area (Å²) in [5.74, 6) is 0.951. The van der Waals surface area contributed by atoms with Crippen molar-refractivity contribution in [3.8, 4) is 5.75 Å². The molecule has 0 aliphatic heterocycles. The Morgan fingerprint density at radius 3 is 2.31 bits per heavy atom. The number of aliphatic hydroxyl groups excluding tert-OH is 1. The van der Waals surface area contributed by atoms with Gasteiger partial charge in [-0.05, 0) is 61.9 Å². The van der Waals surface area contributed by atoms with Gasteiger partial charge < -0.3 is 9.84 Å². The molecule has 1 fully saturated rings. The molecule has 2 nitrogen and oxygen atoms in total. The van der Waals surface area contributed by atoms with E-state index in [1.54, 1.807) is 7.11 Å². The normalized spacial score (nSPS) is 17.3. The zero-order chi connectivity index (χ0) is 11.9. The molecule has 2 rings (SSSR count). The molecule has 0 aromatic heterocycles. The summed E-state index contributed by atoms with van der Waals surface area (Å²) in [6.07, 6.45) is 2.22. The van der Waals surface area contributed by atoms with Gasteiger partial charge in [0.15, 0.2) is 0 Å². The maximum absolute atomic E-state index is 9.54. The first-order valence-electron chi connectivity index (χ1n) is 5.82. The van der Waals surface area contributed by atoms with Gasteiger partial charge in [-0.1, -0.05) is 0 Å². The largest absolute Gasteiger partial charge is 0.496 e. The lowest BCUT2D eigenvalue weighted by atomic mass is 9.86. The standard InChI is InChI=1S/C14H20O2/c1-9-7-12(16-4)10(2)11(3)13(9)14(8-15)5-6-14/h7,15H,5-6,8H2,1-4H3. The Kier molecular flexibility index (Phi) is 2.70. The zero-order valence-electron chi connectivity index (χ0n) is 10.6. The molecule has 1 N–H and O–H groups in total. The van der Waals surface area contributed by atoms with Crippen molar-refractivity contribution in [3.63, 3.8) is 0 Å². The lowest BCUT2D eigenvalue weighted by Gasteiger charge is -2.22. The number of rotatable bonds is 3. The third-order valence-electron chi connectivity index (χ3n) is 3.96. The predicted octanol–water partition coefficient (Wildman–Crippen LogP) is 2.64. The fraction of sp³-hybridized carbons (Fsp3) is 0.571. The average Bonchev–Trinajstić information content (AvgIpc) is 3.04. The van der Waals surface area contributed by atoms with E-state index in [4.69, 9.17) is 4.74 Å². The van der Waals surface area contributed by atoms with Crippen LogP contribution in [-0.4, -0.2) is 18.8 Å². The molecule has 0 bridgehead atoms. The van der Waals surface area contributed by atoms with E-state index in [0.717, 1.165) is 18.6 Å². The minimum absolute atomic E-state index is 0.0468. The summed E-state index contributed by atoms with van der Waals surface area (Å²) in [6, 6.07) is 2.09. The molecule has 1 saturated carbocycles. The van der Waals surface area contributed by atoms with E-state index in [0.29, 0.717) is 0 Å². The van der Waals surface area contributed by atoms with Crippen molar-refractivity contribution < 1.29 is 9.84 Å². The van der Waals surface area contributed by atoms with Gasteiger partial charge in [-0.2, -0.15) is 0 Å². The SMILES string of the molecule is COc1cc(C)c(C2(CO)CC2)c(C)c1C. The zero-order valence-corrected chi connectivity index (χ0v) is 10.6. The highest BCUT2D eigenvalue weighted by Gasteiger charge is 2.45. The van der Waals surface area contributed by atoms with Crippen molar-refractivity contribution in [2.45, 2.75) is 39.0 Å². The van der Waals surface area contributed by atoms with Crippen LogP contribution in [0.5, 0.6) is 5.75 Å². The molecular formula is C14H20O2. The van der Waals surface area contributed by atoms with E-state index in [9.17, 15) is 5.11 Å². The first-order chi connectivity index (χ1) is 7.55. The van der Waals surface area contributed by atoms with Crippen molar-refractivity contribution in [3.05, 3.63) is 28.3 Å². The second-order valence-electron chi connectivity index (χ2n) is 4.96. The fourth-order valence-corrected chi connectivity index (χ4v) is 2.71. The average molecular weight is 220 g/mol. The summed E-state index contributed by atoms with van der Waals surface area (Å²) in [4.78, 5) is 0. The lowest BCUT2D eigenvalue weighted by Crippen LogP contribution is -2.16. The summed E-state index contributed by atoms with van der Waals surface area (Å²) in [6.45, 7) is 6.60. The molecule has 1 aromatic rings. The second kappa shape index (κ2) is 3.77. The highest BCUT2D eigenvalue weighted by molar-refractivity contribution is 5.53. The van der Waals surface area contributed by atoms with Crippen LogP contribution in [0.25, 0.3) is 0 Å². The number of ether oxygens (including phenoxy) is 1. The summed E-state index contributed by atoms with van der Waals surface area (Å²) in [7, 11) is 1.71. The van der Waals surface area contributed by atoms with Crippen LogP contribution < -0.4 is 4.74 Å². The van der Waals surface area contributed by atoms with Gasteiger partial charge >= 0.3 is 0 Å². The number of aliphatic hydroxyl groups is 1. The number of aryl methyl sites for hydroxylation is 1. The van der Waals surface area contributed by atoms with E-state index >= 15 is 0 Å². The lowest BCUT2D eigenvalue weighted by molar-refractivity contribution is 0.254. The maximum atomic E-state index is 9.54. The third kappa shape index (κ3) is 1.52. The molecule has 0 heterocycles. The quantitative estimate of drug-likeness (QED) is 0.848. The molecule has 0 atom stereocenters. The Bertz CT molecular complexity index is 417. The molecule has 0 radical (unpaired) electrons. The van der Waals surface area contributed by atoms with E-state index in [-0.39, 0.29) is 12.0 Å². The van der Waals surface area contributed by atoms with Gasteiger partial charge in [-0.15, -0.1) is 0 Å². The van der Waals surface area contributed by atoms with Gasteiger partial charge in [0.1, 0.15) is 5.75 Å². The van der Waals surface area contributed by atoms with Gasteiger partial charge in [-0.25, -0.2) is 0 Å². The summed E-state index contributed by atoms with van der Waals surface area (Å²) in [5.41, 5.74) is 5.11. The van der Waals surface area contributed by atoms with Crippen LogP contribution in [-0.2, 0) is 5.41 Å². The van der Waals surface area contributed by atoms with Gasteiger partial charge in [0.05, 0.1) is 13.7 Å². The molecule has 0 amide bonds. The van der Waals surface area contributed by atoms with Crippen LogP contribution in [0.3, 0.4) is 0 Å². The van der Waals surface area contributed by atoms with E-state index in [1.165, 1.54) is 22.3 Å². The van der Waals surface area contributed by atoms with Crippen LogP contribution in [0.2, 0.25) is 0 Å². The molecule has 1 aromatic carbocycles. The highest BCUT2D eigenvalue weighted by Crippen LogP contribution is 2.51. The van der Waals surface area contributed by atoms with Crippen LogP contribution in [0.4, 0.5) is 0 Å². The summed E-state index contributed by atoms with van der Waals surface area (Å²) < 4.78 is 5.37. The van der Waals surface area contributed by atoms with Crippen molar-refractivity contribution in [1.82, 2.24) is 0 Å². The number of methoxy groups -OCH3 is 1. The molecule has 0 unspecified atom stereocenters. The Morgan fingerprint density at radius 1 is 1.25 bits per heavy atom. The van der Waals surface area contributed by atoms with Gasteiger partial charge in [0.2, 0.25) is 0 Å². The minimum Gasteiger partial charge on any atom is -0.496 e. The minimum atomic E-state index is 0.0468. The number of hydrogen-bond acceptors (Lipinski definition) is 2.